The number of pyridine rings is 1. The van der Waals surface area contributed by atoms with Gasteiger partial charge in [-0.2, -0.15) is 0 Å². The molecule has 1 amide bonds. The minimum Gasteiger partial charge on any atom is -0.444 e. The molecule has 0 aliphatic carbocycles. The van der Waals surface area contributed by atoms with Crippen LogP contribution in [0.4, 0.5) is 10.5 Å². The first-order valence-corrected chi connectivity index (χ1v) is 7.97. The predicted molar refractivity (Wildman–Crippen MR) is 86.9 cm³/mol. The van der Waals surface area contributed by atoms with Crippen molar-refractivity contribution < 1.29 is 9.53 Å². The van der Waals surface area contributed by atoms with Crippen LogP contribution in [0.1, 0.15) is 27.2 Å². The van der Waals surface area contributed by atoms with Gasteiger partial charge >= 0.3 is 6.09 Å². The van der Waals surface area contributed by atoms with E-state index in [1.54, 1.807) is 12.4 Å². The number of aromatic nitrogens is 1. The van der Waals surface area contributed by atoms with E-state index in [0.29, 0.717) is 11.6 Å². The van der Waals surface area contributed by atoms with Gasteiger partial charge in [-0.3, -0.25) is 4.98 Å². The van der Waals surface area contributed by atoms with Gasteiger partial charge in [0.25, 0.3) is 0 Å². The minimum atomic E-state index is -0.486. The van der Waals surface area contributed by atoms with Crippen molar-refractivity contribution in [3.63, 3.8) is 0 Å². The molecule has 116 valence electrons. The van der Waals surface area contributed by atoms with Crippen molar-refractivity contribution in [1.82, 2.24) is 10.3 Å². The van der Waals surface area contributed by atoms with Gasteiger partial charge in [-0.1, -0.05) is 11.6 Å². The van der Waals surface area contributed by atoms with E-state index < -0.39 is 5.60 Å². The van der Waals surface area contributed by atoms with Crippen molar-refractivity contribution in [3.05, 3.63) is 21.9 Å². The highest BCUT2D eigenvalue weighted by Gasteiger charge is 2.28. The van der Waals surface area contributed by atoms with E-state index in [9.17, 15) is 4.79 Å². The molecule has 1 aromatic rings. The number of nitrogens with one attached hydrogen (secondary N) is 1. The van der Waals surface area contributed by atoms with Crippen LogP contribution in [-0.2, 0) is 4.74 Å². The molecule has 1 aromatic heterocycles. The summed E-state index contributed by atoms with van der Waals surface area (Å²) in [5.41, 5.74) is 0.431. The summed E-state index contributed by atoms with van der Waals surface area (Å²) in [4.78, 5) is 18.0. The third-order valence-electron chi connectivity index (χ3n) is 3.05. The van der Waals surface area contributed by atoms with E-state index >= 15 is 0 Å². The number of hydrogen-bond donors (Lipinski definition) is 1. The molecule has 1 saturated heterocycles. The molecule has 21 heavy (non-hydrogen) atoms. The van der Waals surface area contributed by atoms with Crippen LogP contribution in [0.25, 0.3) is 0 Å². The third kappa shape index (κ3) is 4.48. The summed E-state index contributed by atoms with van der Waals surface area (Å²) < 4.78 is 6.13. The topological polar surface area (TPSA) is 54.5 Å². The van der Waals surface area contributed by atoms with Crippen molar-refractivity contribution in [3.8, 4) is 0 Å². The quantitative estimate of drug-likeness (QED) is 0.857. The number of ether oxygens (including phenoxy) is 1. The van der Waals surface area contributed by atoms with Gasteiger partial charge in [-0.15, -0.1) is 0 Å². The van der Waals surface area contributed by atoms with Gasteiger partial charge in [0.05, 0.1) is 21.2 Å². The molecule has 0 bridgehead atoms. The molecule has 5 nitrogen and oxygen atoms in total. The highest BCUT2D eigenvalue weighted by molar-refractivity contribution is 9.10. The molecule has 1 fully saturated rings. The maximum Gasteiger partial charge on any atom is 0.407 e. The van der Waals surface area contributed by atoms with Gasteiger partial charge < -0.3 is 15.0 Å². The number of alkyl carbamates (subject to hydrolysis) is 1. The number of carbonyl (C=O) groups is 1. The highest BCUT2D eigenvalue weighted by Crippen LogP contribution is 2.34. The Morgan fingerprint density at radius 1 is 1.52 bits per heavy atom. The SMILES string of the molecule is CC(C)(C)OC(=O)N[C@H]1CCN(c2c(Cl)cncc2Br)C1. The van der Waals surface area contributed by atoms with E-state index in [4.69, 9.17) is 16.3 Å². The van der Waals surface area contributed by atoms with Gasteiger partial charge in [0.2, 0.25) is 0 Å². The Hall–Kier alpha value is -1.01. The molecule has 0 saturated carbocycles. The highest BCUT2D eigenvalue weighted by atomic mass is 79.9. The van der Waals surface area contributed by atoms with E-state index in [-0.39, 0.29) is 12.1 Å². The van der Waals surface area contributed by atoms with Gasteiger partial charge in [-0.25, -0.2) is 4.79 Å². The van der Waals surface area contributed by atoms with Crippen LogP contribution in [0.15, 0.2) is 16.9 Å². The largest absolute Gasteiger partial charge is 0.444 e. The number of halogens is 2. The fourth-order valence-corrected chi connectivity index (χ4v) is 3.24. The lowest BCUT2D eigenvalue weighted by molar-refractivity contribution is 0.0509. The normalized spacial score (nSPS) is 18.7. The Morgan fingerprint density at radius 3 is 2.86 bits per heavy atom. The van der Waals surface area contributed by atoms with Crippen LogP contribution in [0, 0.1) is 0 Å². The summed E-state index contributed by atoms with van der Waals surface area (Å²) in [5.74, 6) is 0. The summed E-state index contributed by atoms with van der Waals surface area (Å²) in [6.07, 6.45) is 3.81. The van der Waals surface area contributed by atoms with Crippen LogP contribution in [-0.4, -0.2) is 35.8 Å². The summed E-state index contributed by atoms with van der Waals surface area (Å²) in [6.45, 7) is 7.06. The van der Waals surface area contributed by atoms with Gasteiger partial charge in [0.1, 0.15) is 5.60 Å². The number of nitrogens with zero attached hydrogens (tertiary/aromatic N) is 2. The zero-order valence-electron chi connectivity index (χ0n) is 12.3. The second kappa shape index (κ2) is 6.40. The maximum absolute atomic E-state index is 11.8. The van der Waals surface area contributed by atoms with E-state index in [1.165, 1.54) is 0 Å². The first kappa shape index (κ1) is 16.4. The fourth-order valence-electron chi connectivity index (χ4n) is 2.26. The maximum atomic E-state index is 11.8. The van der Waals surface area contributed by atoms with Gasteiger partial charge in [0.15, 0.2) is 0 Å². The van der Waals surface area contributed by atoms with Gasteiger partial charge in [-0.05, 0) is 43.1 Å². The minimum absolute atomic E-state index is 0.0518. The zero-order chi connectivity index (χ0) is 15.6. The number of rotatable bonds is 2. The van der Waals surface area contributed by atoms with Crippen LogP contribution in [0.3, 0.4) is 0 Å². The molecule has 1 N–H and O–H groups in total. The van der Waals surface area contributed by atoms with Crippen molar-refractivity contribution in [2.75, 3.05) is 18.0 Å². The van der Waals surface area contributed by atoms with Crippen LogP contribution < -0.4 is 10.2 Å². The Labute approximate surface area is 138 Å². The standard InChI is InChI=1S/C14H19BrClN3O2/c1-14(2,3)21-13(20)18-9-4-5-19(8-9)12-10(15)6-17-7-11(12)16/h6-7,9H,4-5,8H2,1-3H3,(H,18,20)/t9-/m0/s1. The molecule has 0 unspecified atom stereocenters. The van der Waals surface area contributed by atoms with E-state index in [2.05, 4.69) is 31.1 Å². The van der Waals surface area contributed by atoms with E-state index in [0.717, 1.165) is 23.1 Å². The van der Waals surface area contributed by atoms with Crippen LogP contribution >= 0.6 is 27.5 Å². The van der Waals surface area contributed by atoms with Crippen LogP contribution in [0.2, 0.25) is 5.02 Å². The average Bonchev–Trinajstić information content (AvgIpc) is 2.74. The second-order valence-electron chi connectivity index (χ2n) is 6.03. The molecule has 1 aliphatic heterocycles. The molecule has 1 atom stereocenters. The first-order chi connectivity index (χ1) is 9.76. The number of amides is 1. The summed E-state index contributed by atoms with van der Waals surface area (Å²) in [7, 11) is 0. The summed E-state index contributed by atoms with van der Waals surface area (Å²) in [5, 5.41) is 3.50. The first-order valence-electron chi connectivity index (χ1n) is 6.80. The smallest absolute Gasteiger partial charge is 0.407 e. The van der Waals surface area contributed by atoms with Crippen LogP contribution in [0.5, 0.6) is 0 Å². The lowest BCUT2D eigenvalue weighted by atomic mass is 10.2. The van der Waals surface area contributed by atoms with E-state index in [1.807, 2.05) is 20.8 Å². The lowest BCUT2D eigenvalue weighted by Gasteiger charge is -2.23. The Morgan fingerprint density at radius 2 is 2.24 bits per heavy atom. The predicted octanol–water partition coefficient (Wildman–Crippen LogP) is 3.60. The molecule has 2 heterocycles. The van der Waals surface area contributed by atoms with Gasteiger partial charge in [0, 0.05) is 25.5 Å². The molecular weight excluding hydrogens is 358 g/mol. The Bertz CT molecular complexity index is 513. The molecule has 0 spiro atoms. The van der Waals surface area contributed by atoms with Crippen molar-refractivity contribution in [2.45, 2.75) is 38.8 Å². The number of carbonyl (C=O) groups excluding carboxylic acids is 1. The van der Waals surface area contributed by atoms with Crippen molar-refractivity contribution >= 4 is 39.3 Å². The lowest BCUT2D eigenvalue weighted by Crippen LogP contribution is -2.40. The van der Waals surface area contributed by atoms with Crippen molar-refractivity contribution in [1.29, 1.82) is 0 Å². The fraction of sp³-hybridized carbons (Fsp3) is 0.571. The molecule has 1 aliphatic rings. The summed E-state index contributed by atoms with van der Waals surface area (Å²) in [6, 6.07) is 0.0518. The molecular formula is C14H19BrClN3O2. The Balaban J connectivity index is 1.97. The third-order valence-corrected chi connectivity index (χ3v) is 3.91. The molecule has 2 rings (SSSR count). The van der Waals surface area contributed by atoms with Crippen molar-refractivity contribution in [2.24, 2.45) is 0 Å². The zero-order valence-corrected chi connectivity index (χ0v) is 14.7. The number of hydrogen-bond acceptors (Lipinski definition) is 4. The average molecular weight is 377 g/mol. The summed E-state index contributed by atoms with van der Waals surface area (Å²) >= 11 is 9.67. The second-order valence-corrected chi connectivity index (χ2v) is 7.29. The Kier molecular flexibility index (Phi) is 4.99. The molecule has 7 heteroatoms. The monoisotopic (exact) mass is 375 g/mol. The molecule has 0 aromatic carbocycles. The molecule has 0 radical (unpaired) electrons. The number of anilines is 1.